The second-order valence-corrected chi connectivity index (χ2v) is 8.20. The molecule has 0 saturated heterocycles. The molecule has 3 aromatic rings. The lowest BCUT2D eigenvalue weighted by molar-refractivity contribution is 0.0253. The lowest BCUT2D eigenvalue weighted by atomic mass is 10.1. The van der Waals surface area contributed by atoms with Gasteiger partial charge in [-0.25, -0.2) is 4.68 Å². The number of nitrogens with zero attached hydrogens (tertiary/aromatic N) is 3. The summed E-state index contributed by atoms with van der Waals surface area (Å²) < 4.78 is 18.5. The lowest BCUT2D eigenvalue weighted by Crippen LogP contribution is -2.39. The summed E-state index contributed by atoms with van der Waals surface area (Å²) in [5.74, 6) is 2.15. The average molecular weight is 454 g/mol. The Hall–Kier alpha value is -2.87. The van der Waals surface area contributed by atoms with Crippen LogP contribution in [0.1, 0.15) is 25.8 Å². The Morgan fingerprint density at radius 2 is 1.70 bits per heavy atom. The van der Waals surface area contributed by atoms with Crippen molar-refractivity contribution in [1.29, 1.82) is 0 Å². The van der Waals surface area contributed by atoms with E-state index in [1.54, 1.807) is 18.9 Å². The Kier molecular flexibility index (Phi) is 8.88. The van der Waals surface area contributed by atoms with E-state index < -0.39 is 6.10 Å². The van der Waals surface area contributed by atoms with Crippen molar-refractivity contribution in [3.05, 3.63) is 60.2 Å². The van der Waals surface area contributed by atoms with Crippen LogP contribution in [0.5, 0.6) is 17.4 Å². The van der Waals surface area contributed by atoms with E-state index >= 15 is 0 Å². The maximum Gasteiger partial charge on any atom is 0.222 e. The van der Waals surface area contributed by atoms with Gasteiger partial charge in [-0.2, -0.15) is 5.10 Å². The number of aliphatic hydroxyl groups is 1. The minimum Gasteiger partial charge on any atom is -0.497 e. The number of rotatable bonds is 12. The van der Waals surface area contributed by atoms with Gasteiger partial charge in [0.1, 0.15) is 17.2 Å². The van der Waals surface area contributed by atoms with Crippen molar-refractivity contribution in [1.82, 2.24) is 14.7 Å². The van der Waals surface area contributed by atoms with Gasteiger partial charge >= 0.3 is 0 Å². The Labute approximate surface area is 196 Å². The summed E-state index contributed by atoms with van der Waals surface area (Å²) in [6, 6.07) is 17.9. The van der Waals surface area contributed by atoms with Gasteiger partial charge in [0, 0.05) is 38.9 Å². The molecule has 0 fully saturated rings. The summed E-state index contributed by atoms with van der Waals surface area (Å²) >= 11 is 0. The predicted octanol–water partition coefficient (Wildman–Crippen LogP) is 4.50. The fourth-order valence-corrected chi connectivity index (χ4v) is 3.78. The molecule has 0 aliphatic carbocycles. The molecular formula is C26H35N3O4. The van der Waals surface area contributed by atoms with E-state index in [0.717, 1.165) is 29.0 Å². The number of aliphatic hydroxyl groups excluding tert-OH is 1. The van der Waals surface area contributed by atoms with Crippen LogP contribution in [0.25, 0.3) is 11.3 Å². The summed E-state index contributed by atoms with van der Waals surface area (Å²) in [6.07, 6.45) is 0.377. The van der Waals surface area contributed by atoms with Crippen LogP contribution in [0, 0.1) is 0 Å². The fourth-order valence-electron chi connectivity index (χ4n) is 3.78. The van der Waals surface area contributed by atoms with Gasteiger partial charge < -0.3 is 19.3 Å². The van der Waals surface area contributed by atoms with Crippen LogP contribution >= 0.6 is 0 Å². The SMILES string of the molecule is CCC(C)N(Cc1c(-c2ccccc2)nn(C)c1Oc1ccc(OC)cc1)CC(O)COC. The fraction of sp³-hybridized carbons (Fsp3) is 0.423. The number of benzene rings is 2. The molecule has 0 aliphatic rings. The van der Waals surface area contributed by atoms with Crippen molar-refractivity contribution in [2.45, 2.75) is 39.0 Å². The second-order valence-electron chi connectivity index (χ2n) is 8.20. The first-order valence-corrected chi connectivity index (χ1v) is 11.3. The number of methoxy groups -OCH3 is 2. The van der Waals surface area contributed by atoms with E-state index in [1.807, 2.05) is 49.5 Å². The third-order valence-corrected chi connectivity index (χ3v) is 5.79. The van der Waals surface area contributed by atoms with Crippen LogP contribution < -0.4 is 9.47 Å². The molecule has 7 nitrogen and oxygen atoms in total. The van der Waals surface area contributed by atoms with E-state index in [4.69, 9.17) is 19.3 Å². The minimum absolute atomic E-state index is 0.258. The summed E-state index contributed by atoms with van der Waals surface area (Å²) in [5.41, 5.74) is 2.87. The minimum atomic E-state index is -0.577. The zero-order valence-corrected chi connectivity index (χ0v) is 20.2. The maximum absolute atomic E-state index is 10.5. The van der Waals surface area contributed by atoms with E-state index in [-0.39, 0.29) is 6.04 Å². The highest BCUT2D eigenvalue weighted by atomic mass is 16.5. The molecule has 7 heteroatoms. The summed E-state index contributed by atoms with van der Waals surface area (Å²) in [6.45, 7) is 5.69. The van der Waals surface area contributed by atoms with Crippen LogP contribution in [0.15, 0.2) is 54.6 Å². The lowest BCUT2D eigenvalue weighted by Gasteiger charge is -2.30. The van der Waals surface area contributed by atoms with E-state index in [0.29, 0.717) is 31.3 Å². The number of ether oxygens (including phenoxy) is 3. The molecule has 2 unspecified atom stereocenters. The Bertz CT molecular complexity index is 989. The molecule has 0 spiro atoms. The molecule has 2 atom stereocenters. The van der Waals surface area contributed by atoms with Crippen molar-refractivity contribution in [3.8, 4) is 28.6 Å². The molecule has 0 amide bonds. The van der Waals surface area contributed by atoms with Crippen LogP contribution in [0.4, 0.5) is 0 Å². The van der Waals surface area contributed by atoms with Crippen LogP contribution in [0.2, 0.25) is 0 Å². The molecule has 1 aromatic heterocycles. The monoisotopic (exact) mass is 453 g/mol. The van der Waals surface area contributed by atoms with Crippen molar-refractivity contribution >= 4 is 0 Å². The third kappa shape index (κ3) is 6.35. The molecule has 0 saturated carbocycles. The standard InChI is InChI=1S/C26H35N3O4/c1-6-19(2)29(16-21(30)18-31-4)17-24-25(20-10-8-7-9-11-20)27-28(3)26(24)33-23-14-12-22(32-5)13-15-23/h7-15,19,21,30H,6,16-18H2,1-5H3. The van der Waals surface area contributed by atoms with Crippen molar-refractivity contribution < 1.29 is 19.3 Å². The highest BCUT2D eigenvalue weighted by Gasteiger charge is 2.25. The highest BCUT2D eigenvalue weighted by molar-refractivity contribution is 5.65. The molecular weight excluding hydrogens is 418 g/mol. The number of aromatic nitrogens is 2. The number of aryl methyl sites for hydroxylation is 1. The zero-order valence-electron chi connectivity index (χ0n) is 20.2. The molecule has 0 bridgehead atoms. The second kappa shape index (κ2) is 11.8. The maximum atomic E-state index is 10.5. The van der Waals surface area contributed by atoms with Gasteiger partial charge in [0.05, 0.1) is 25.4 Å². The largest absolute Gasteiger partial charge is 0.497 e. The van der Waals surface area contributed by atoms with Crippen molar-refractivity contribution in [2.24, 2.45) is 7.05 Å². The molecule has 3 rings (SSSR count). The van der Waals surface area contributed by atoms with Crippen LogP contribution in [0.3, 0.4) is 0 Å². The van der Waals surface area contributed by atoms with E-state index in [9.17, 15) is 5.11 Å². The topological polar surface area (TPSA) is 69.0 Å². The Morgan fingerprint density at radius 3 is 2.30 bits per heavy atom. The molecule has 2 aromatic carbocycles. The first kappa shape index (κ1) is 24.8. The van der Waals surface area contributed by atoms with Gasteiger partial charge in [-0.1, -0.05) is 37.3 Å². The third-order valence-electron chi connectivity index (χ3n) is 5.79. The average Bonchev–Trinajstić information content (AvgIpc) is 3.14. The highest BCUT2D eigenvalue weighted by Crippen LogP contribution is 2.35. The zero-order chi connectivity index (χ0) is 23.8. The van der Waals surface area contributed by atoms with Crippen LogP contribution in [-0.2, 0) is 18.3 Å². The quantitative estimate of drug-likeness (QED) is 0.436. The molecule has 1 heterocycles. The van der Waals surface area contributed by atoms with Gasteiger partial charge in [0.2, 0.25) is 5.88 Å². The van der Waals surface area contributed by atoms with Gasteiger partial charge in [0.25, 0.3) is 0 Å². The normalized spacial score (nSPS) is 13.2. The molecule has 1 N–H and O–H groups in total. The summed E-state index contributed by atoms with van der Waals surface area (Å²) in [4.78, 5) is 2.26. The number of hydrogen-bond donors (Lipinski definition) is 1. The summed E-state index contributed by atoms with van der Waals surface area (Å²) in [5, 5.41) is 15.3. The van der Waals surface area contributed by atoms with Gasteiger partial charge in [-0.15, -0.1) is 0 Å². The predicted molar refractivity (Wildman–Crippen MR) is 130 cm³/mol. The van der Waals surface area contributed by atoms with E-state index in [1.165, 1.54) is 0 Å². The van der Waals surface area contributed by atoms with Crippen molar-refractivity contribution in [2.75, 3.05) is 27.4 Å². The van der Waals surface area contributed by atoms with Gasteiger partial charge in [-0.05, 0) is 37.6 Å². The first-order chi connectivity index (χ1) is 16.0. The smallest absolute Gasteiger partial charge is 0.222 e. The Morgan fingerprint density at radius 1 is 1.03 bits per heavy atom. The van der Waals surface area contributed by atoms with E-state index in [2.05, 4.69) is 30.9 Å². The van der Waals surface area contributed by atoms with Crippen molar-refractivity contribution in [3.63, 3.8) is 0 Å². The first-order valence-electron chi connectivity index (χ1n) is 11.3. The van der Waals surface area contributed by atoms with Gasteiger partial charge in [-0.3, -0.25) is 4.90 Å². The number of hydrogen-bond acceptors (Lipinski definition) is 6. The van der Waals surface area contributed by atoms with Crippen LogP contribution in [-0.4, -0.2) is 59.3 Å². The molecule has 0 radical (unpaired) electrons. The Balaban J connectivity index is 2.01. The summed E-state index contributed by atoms with van der Waals surface area (Å²) in [7, 11) is 5.14. The molecule has 33 heavy (non-hydrogen) atoms. The molecule has 0 aliphatic heterocycles. The van der Waals surface area contributed by atoms with Gasteiger partial charge in [0.15, 0.2) is 0 Å². The molecule has 178 valence electrons.